The molecule has 10 radical (unpaired) electrons. The monoisotopic (exact) mass is 314 g/mol. The molecule has 0 unspecified atom stereocenters. The van der Waals surface area contributed by atoms with E-state index < -0.39 is 0 Å². The highest BCUT2D eigenvalue weighted by molar-refractivity contribution is 6.68. The molecule has 0 spiro atoms. The Morgan fingerprint density at radius 3 is 1.62 bits per heavy atom. The highest BCUT2D eigenvalue weighted by atomic mass is 35.5. The van der Waals surface area contributed by atoms with Gasteiger partial charge in [-0.3, -0.25) is 0 Å². The van der Waals surface area contributed by atoms with Crippen LogP contribution in [0.4, 0.5) is 0 Å². The molecule has 0 aliphatic heterocycles. The second-order valence-electron chi connectivity index (χ2n) is 5.54. The van der Waals surface area contributed by atoms with Crippen LogP contribution in [0.15, 0.2) is 48.5 Å². The van der Waals surface area contributed by atoms with Gasteiger partial charge in [0.15, 0.2) is 0 Å². The van der Waals surface area contributed by atoms with Gasteiger partial charge in [-0.15, -0.1) is 16.4 Å². The van der Waals surface area contributed by atoms with Crippen LogP contribution in [0.3, 0.4) is 0 Å². The van der Waals surface area contributed by atoms with Gasteiger partial charge < -0.3 is 0 Å². The maximum atomic E-state index is 6.30. The van der Waals surface area contributed by atoms with Crippen molar-refractivity contribution in [3.05, 3.63) is 53.6 Å². The average molecular weight is 314 g/mol. The molecule has 0 heterocycles. The smallest absolute Gasteiger partial charge is 0.112 e. The zero-order valence-electron chi connectivity index (χ0n) is 12.9. The van der Waals surface area contributed by atoms with Crippen molar-refractivity contribution >= 4 is 78.1 Å². The lowest BCUT2D eigenvalue weighted by molar-refractivity contribution is 1.61. The van der Waals surface area contributed by atoms with Gasteiger partial charge in [0.2, 0.25) is 0 Å². The fourth-order valence-electron chi connectivity index (χ4n) is 2.69. The Kier molecular flexibility index (Phi) is 4.74. The van der Waals surface area contributed by atoms with E-state index in [1.807, 2.05) is 42.5 Å². The van der Waals surface area contributed by atoms with Gasteiger partial charge in [-0.1, -0.05) is 52.9 Å². The number of hydrogen-bond acceptors (Lipinski definition) is 0. The van der Waals surface area contributed by atoms with Crippen LogP contribution in [0, 0.1) is 0 Å². The second kappa shape index (κ2) is 6.65. The van der Waals surface area contributed by atoms with E-state index in [1.165, 1.54) is 0 Å². The summed E-state index contributed by atoms with van der Waals surface area (Å²) in [5.74, 6) is 0. The molecule has 3 rings (SSSR count). The third-order valence-electron chi connectivity index (χ3n) is 3.99. The predicted molar refractivity (Wildman–Crippen MR) is 109 cm³/mol. The molecule has 0 nitrogen and oxygen atoms in total. The molecule has 0 amide bonds. The normalized spacial score (nSPS) is 10.7. The van der Waals surface area contributed by atoms with E-state index >= 15 is 0 Å². The minimum absolute atomic E-state index is 0.194. The van der Waals surface area contributed by atoms with Crippen LogP contribution in [0.25, 0.3) is 22.3 Å². The predicted octanol–water partition coefficient (Wildman–Crippen LogP) is -0.357. The molecular formula is C18H8B5Cl. The summed E-state index contributed by atoms with van der Waals surface area (Å²) in [5, 5.41) is 0.555. The molecule has 24 heavy (non-hydrogen) atoms. The van der Waals surface area contributed by atoms with E-state index in [-0.39, 0.29) is 16.4 Å². The SMILES string of the molecule is [B]c1c([B])c([B])c(-c2cc(Cl)cc(-c3ccccc3)c2)c([B])c1[B]. The van der Waals surface area contributed by atoms with Crippen molar-refractivity contribution in [2.45, 2.75) is 0 Å². The van der Waals surface area contributed by atoms with Crippen molar-refractivity contribution < 1.29 is 0 Å². The van der Waals surface area contributed by atoms with Crippen LogP contribution < -0.4 is 27.3 Å². The van der Waals surface area contributed by atoms with Gasteiger partial charge in [-0.05, 0) is 40.5 Å². The first-order valence-electron chi connectivity index (χ1n) is 7.28. The highest BCUT2D eigenvalue weighted by Gasteiger charge is 2.13. The average Bonchev–Trinajstić information content (AvgIpc) is 2.59. The van der Waals surface area contributed by atoms with Gasteiger partial charge in [0.25, 0.3) is 0 Å². The molecule has 102 valence electrons. The highest BCUT2D eigenvalue weighted by Crippen LogP contribution is 2.28. The Morgan fingerprint density at radius 2 is 1.04 bits per heavy atom. The first kappa shape index (κ1) is 17.1. The van der Waals surface area contributed by atoms with Crippen LogP contribution in [0.5, 0.6) is 0 Å². The summed E-state index contributed by atoms with van der Waals surface area (Å²) in [6.45, 7) is 0. The summed E-state index contributed by atoms with van der Waals surface area (Å²) >= 11 is 6.30. The first-order chi connectivity index (χ1) is 11.4. The maximum absolute atomic E-state index is 6.30. The van der Waals surface area contributed by atoms with Crippen LogP contribution in [-0.4, -0.2) is 39.2 Å². The summed E-state index contributed by atoms with van der Waals surface area (Å²) in [7, 11) is 30.0. The standard InChI is InChI=1S/C18H8B5Cl/c19-14-13(15(20)17(22)18(23)16(14)21)11-6-10(7-12(24)8-11)9-4-2-1-3-5-9/h1-8H. The molecule has 0 aliphatic rings. The maximum Gasteiger partial charge on any atom is 0.113 e. The van der Waals surface area contributed by atoms with E-state index in [0.717, 1.165) is 16.7 Å². The van der Waals surface area contributed by atoms with Crippen molar-refractivity contribution in [1.29, 1.82) is 0 Å². The van der Waals surface area contributed by atoms with Crippen molar-refractivity contribution in [2.24, 2.45) is 0 Å². The molecule has 0 atom stereocenters. The minimum Gasteiger partial charge on any atom is -0.112 e. The van der Waals surface area contributed by atoms with Crippen LogP contribution in [0.2, 0.25) is 5.02 Å². The van der Waals surface area contributed by atoms with Gasteiger partial charge in [0, 0.05) is 5.02 Å². The fourth-order valence-corrected chi connectivity index (χ4v) is 2.93. The van der Waals surface area contributed by atoms with E-state index in [2.05, 4.69) is 0 Å². The largest absolute Gasteiger partial charge is 0.113 e. The fraction of sp³-hybridized carbons (Fsp3) is 0. The molecule has 0 aliphatic carbocycles. The molecule has 0 N–H and O–H groups in total. The number of rotatable bonds is 2. The molecule has 0 saturated heterocycles. The molecule has 0 saturated carbocycles. The minimum atomic E-state index is 0.194. The summed E-state index contributed by atoms with van der Waals surface area (Å²) in [6, 6.07) is 15.4. The van der Waals surface area contributed by atoms with Crippen molar-refractivity contribution in [2.75, 3.05) is 0 Å². The lowest BCUT2D eigenvalue weighted by Gasteiger charge is -2.22. The van der Waals surface area contributed by atoms with Gasteiger partial charge in [0.05, 0.1) is 0 Å². The third kappa shape index (κ3) is 2.98. The first-order valence-corrected chi connectivity index (χ1v) is 7.65. The molecule has 3 aromatic carbocycles. The Bertz CT molecular complexity index is 893. The van der Waals surface area contributed by atoms with Gasteiger partial charge >= 0.3 is 0 Å². The molecule has 3 aromatic rings. The van der Waals surface area contributed by atoms with Crippen molar-refractivity contribution in [3.8, 4) is 22.3 Å². The summed E-state index contributed by atoms with van der Waals surface area (Å²) in [5.41, 5.74) is 4.45. The van der Waals surface area contributed by atoms with Crippen LogP contribution in [0.1, 0.15) is 0 Å². The van der Waals surface area contributed by atoms with E-state index in [4.69, 9.17) is 50.8 Å². The number of benzene rings is 3. The number of halogens is 1. The van der Waals surface area contributed by atoms with E-state index in [0.29, 0.717) is 21.5 Å². The van der Waals surface area contributed by atoms with Gasteiger partial charge in [-0.2, -0.15) is 0 Å². The van der Waals surface area contributed by atoms with Gasteiger partial charge in [0.1, 0.15) is 39.2 Å². The van der Waals surface area contributed by atoms with Gasteiger partial charge in [-0.25, -0.2) is 0 Å². The van der Waals surface area contributed by atoms with Crippen molar-refractivity contribution in [3.63, 3.8) is 0 Å². The van der Waals surface area contributed by atoms with Crippen LogP contribution >= 0.6 is 11.6 Å². The van der Waals surface area contributed by atoms with E-state index in [9.17, 15) is 0 Å². The summed E-state index contributed by atoms with van der Waals surface area (Å²) in [4.78, 5) is 0. The summed E-state index contributed by atoms with van der Waals surface area (Å²) < 4.78 is 0. The van der Waals surface area contributed by atoms with Crippen molar-refractivity contribution in [1.82, 2.24) is 0 Å². The lowest BCUT2D eigenvalue weighted by atomic mass is 9.59. The third-order valence-corrected chi connectivity index (χ3v) is 4.21. The molecule has 6 heteroatoms. The van der Waals surface area contributed by atoms with Crippen LogP contribution in [-0.2, 0) is 0 Å². The Morgan fingerprint density at radius 1 is 0.542 bits per heavy atom. The second-order valence-corrected chi connectivity index (χ2v) is 5.97. The quantitative estimate of drug-likeness (QED) is 0.567. The Labute approximate surface area is 154 Å². The number of hydrogen-bond donors (Lipinski definition) is 0. The Balaban J connectivity index is 2.27. The molecular weight excluding hydrogens is 306 g/mol. The topological polar surface area (TPSA) is 0 Å². The molecule has 0 bridgehead atoms. The lowest BCUT2D eigenvalue weighted by Crippen LogP contribution is -2.55. The molecule has 0 aromatic heterocycles. The zero-order valence-corrected chi connectivity index (χ0v) is 13.6. The molecule has 0 fully saturated rings. The Hall–Kier alpha value is -1.73. The van der Waals surface area contributed by atoms with E-state index in [1.54, 1.807) is 6.07 Å². The summed E-state index contributed by atoms with van der Waals surface area (Å²) in [6.07, 6.45) is 0. The zero-order chi connectivity index (χ0) is 17.4.